The van der Waals surface area contributed by atoms with Crippen LogP contribution in [0.2, 0.25) is 0 Å². The molecular formula is C13H17BrN2O2. The largest absolute Gasteiger partial charge is 0.378 e. The Labute approximate surface area is 115 Å². The van der Waals surface area contributed by atoms with Crippen molar-refractivity contribution in [3.05, 3.63) is 33.8 Å². The summed E-state index contributed by atoms with van der Waals surface area (Å²) in [6.45, 7) is 4.80. The summed E-state index contributed by atoms with van der Waals surface area (Å²) < 4.78 is 6.26. The van der Waals surface area contributed by atoms with Gasteiger partial charge in [0.2, 0.25) is 0 Å². The summed E-state index contributed by atoms with van der Waals surface area (Å²) in [7, 11) is 0. The molecule has 0 aliphatic carbocycles. The summed E-state index contributed by atoms with van der Waals surface area (Å²) in [5, 5.41) is 6.22. The molecule has 1 amide bonds. The van der Waals surface area contributed by atoms with Crippen LogP contribution in [-0.4, -0.2) is 38.3 Å². The van der Waals surface area contributed by atoms with Crippen molar-refractivity contribution < 1.29 is 9.53 Å². The molecule has 1 unspecified atom stereocenters. The molecule has 1 aromatic carbocycles. The molecule has 0 radical (unpaired) electrons. The number of hydrogen-bond donors (Lipinski definition) is 2. The molecule has 0 spiro atoms. The number of carbonyl (C=O) groups is 1. The Morgan fingerprint density at radius 2 is 2.39 bits per heavy atom. The molecule has 1 atom stereocenters. The van der Waals surface area contributed by atoms with E-state index in [-0.39, 0.29) is 11.9 Å². The summed E-state index contributed by atoms with van der Waals surface area (Å²) >= 11 is 3.40. The van der Waals surface area contributed by atoms with Crippen molar-refractivity contribution in [1.82, 2.24) is 10.6 Å². The Morgan fingerprint density at radius 3 is 3.06 bits per heavy atom. The highest BCUT2D eigenvalue weighted by Crippen LogP contribution is 2.15. The molecule has 18 heavy (non-hydrogen) atoms. The van der Waals surface area contributed by atoms with Crippen LogP contribution in [0.5, 0.6) is 0 Å². The minimum Gasteiger partial charge on any atom is -0.378 e. The molecule has 2 rings (SSSR count). The van der Waals surface area contributed by atoms with Crippen LogP contribution in [0.4, 0.5) is 0 Å². The van der Waals surface area contributed by atoms with Crippen molar-refractivity contribution in [2.75, 3.05) is 26.3 Å². The van der Waals surface area contributed by atoms with E-state index in [4.69, 9.17) is 4.74 Å². The monoisotopic (exact) mass is 312 g/mol. The third kappa shape index (κ3) is 3.80. The summed E-state index contributed by atoms with van der Waals surface area (Å²) in [4.78, 5) is 12.0. The summed E-state index contributed by atoms with van der Waals surface area (Å²) in [6, 6.07) is 5.89. The second-order valence-electron chi connectivity index (χ2n) is 4.45. The van der Waals surface area contributed by atoms with Crippen molar-refractivity contribution in [1.29, 1.82) is 0 Å². The molecule has 98 valence electrons. The van der Waals surface area contributed by atoms with Gasteiger partial charge in [-0.3, -0.25) is 4.79 Å². The third-order valence-electron chi connectivity index (χ3n) is 2.81. The van der Waals surface area contributed by atoms with E-state index in [9.17, 15) is 4.79 Å². The van der Waals surface area contributed by atoms with Crippen LogP contribution >= 0.6 is 15.9 Å². The molecule has 5 heteroatoms. The van der Waals surface area contributed by atoms with Crippen molar-refractivity contribution in [3.8, 4) is 0 Å². The normalized spacial score (nSPS) is 19.6. The number of rotatable bonds is 3. The van der Waals surface area contributed by atoms with Crippen LogP contribution in [0.3, 0.4) is 0 Å². The van der Waals surface area contributed by atoms with Crippen molar-refractivity contribution in [2.24, 2.45) is 0 Å². The Hall–Kier alpha value is -0.910. The van der Waals surface area contributed by atoms with E-state index < -0.39 is 0 Å². The minimum absolute atomic E-state index is 0.0493. The fourth-order valence-electron chi connectivity index (χ4n) is 1.94. The maximum atomic E-state index is 12.0. The second-order valence-corrected chi connectivity index (χ2v) is 5.37. The average molecular weight is 313 g/mol. The number of halogens is 1. The molecule has 4 nitrogen and oxygen atoms in total. The Morgan fingerprint density at radius 1 is 1.56 bits per heavy atom. The first kappa shape index (κ1) is 13.5. The number of aryl methyl sites for hydroxylation is 1. The first-order valence-corrected chi connectivity index (χ1v) is 6.81. The maximum Gasteiger partial charge on any atom is 0.251 e. The van der Waals surface area contributed by atoms with Crippen LogP contribution in [0.25, 0.3) is 0 Å². The number of ether oxygens (including phenoxy) is 1. The third-order valence-corrected chi connectivity index (χ3v) is 3.27. The lowest BCUT2D eigenvalue weighted by Gasteiger charge is -2.23. The lowest BCUT2D eigenvalue weighted by Crippen LogP contribution is -2.48. The average Bonchev–Trinajstić information content (AvgIpc) is 2.36. The van der Waals surface area contributed by atoms with Crippen molar-refractivity contribution in [3.63, 3.8) is 0 Å². The van der Waals surface area contributed by atoms with Crippen molar-refractivity contribution >= 4 is 21.8 Å². The standard InChI is InChI=1S/C13H17BrN2O2/c1-9-4-10(6-11(14)5-9)13(17)16-7-12-8-18-3-2-15-12/h4-6,12,15H,2-3,7-8H2,1H3,(H,16,17). The van der Waals surface area contributed by atoms with Gasteiger partial charge in [0.1, 0.15) is 0 Å². The predicted octanol–water partition coefficient (Wildman–Crippen LogP) is 1.48. The Kier molecular flexibility index (Phi) is 4.74. The van der Waals surface area contributed by atoms with E-state index in [0.717, 1.165) is 23.2 Å². The first-order chi connectivity index (χ1) is 8.65. The van der Waals surface area contributed by atoms with Gasteiger partial charge in [-0.25, -0.2) is 0 Å². The zero-order valence-electron chi connectivity index (χ0n) is 10.3. The fourth-order valence-corrected chi connectivity index (χ4v) is 2.54. The minimum atomic E-state index is -0.0493. The molecule has 1 aliphatic rings. The number of nitrogens with one attached hydrogen (secondary N) is 2. The highest BCUT2D eigenvalue weighted by molar-refractivity contribution is 9.10. The van der Waals surface area contributed by atoms with Gasteiger partial charge in [-0.2, -0.15) is 0 Å². The molecule has 0 bridgehead atoms. The lowest BCUT2D eigenvalue weighted by atomic mass is 10.1. The van der Waals surface area contributed by atoms with E-state index in [2.05, 4.69) is 26.6 Å². The maximum absolute atomic E-state index is 12.0. The predicted molar refractivity (Wildman–Crippen MR) is 73.8 cm³/mol. The van der Waals surface area contributed by atoms with Gasteiger partial charge in [0.05, 0.1) is 13.2 Å². The van der Waals surface area contributed by atoms with E-state index in [1.54, 1.807) is 0 Å². The fraction of sp³-hybridized carbons (Fsp3) is 0.462. The second kappa shape index (κ2) is 6.31. The smallest absolute Gasteiger partial charge is 0.251 e. The Balaban J connectivity index is 1.90. The summed E-state index contributed by atoms with van der Waals surface area (Å²) in [6.07, 6.45) is 0. The zero-order chi connectivity index (χ0) is 13.0. The van der Waals surface area contributed by atoms with E-state index in [1.165, 1.54) is 0 Å². The first-order valence-electron chi connectivity index (χ1n) is 6.01. The molecule has 0 saturated carbocycles. The molecule has 1 aromatic rings. The van der Waals surface area contributed by atoms with Gasteiger partial charge in [-0.15, -0.1) is 0 Å². The van der Waals surface area contributed by atoms with Gasteiger partial charge in [-0.1, -0.05) is 15.9 Å². The van der Waals surface area contributed by atoms with Gasteiger partial charge < -0.3 is 15.4 Å². The number of morpholine rings is 1. The number of carbonyl (C=O) groups excluding carboxylic acids is 1. The SMILES string of the molecule is Cc1cc(Br)cc(C(=O)NCC2COCCN2)c1. The van der Waals surface area contributed by atoms with Crippen LogP contribution < -0.4 is 10.6 Å². The van der Waals surface area contributed by atoms with Crippen LogP contribution in [0.15, 0.2) is 22.7 Å². The summed E-state index contributed by atoms with van der Waals surface area (Å²) in [5.74, 6) is -0.0493. The van der Waals surface area contributed by atoms with Crippen LogP contribution in [0.1, 0.15) is 15.9 Å². The highest BCUT2D eigenvalue weighted by Gasteiger charge is 2.14. The molecule has 1 fully saturated rings. The number of hydrogen-bond acceptors (Lipinski definition) is 3. The lowest BCUT2D eigenvalue weighted by molar-refractivity contribution is 0.0734. The molecular weight excluding hydrogens is 296 g/mol. The molecule has 1 saturated heterocycles. The molecule has 2 N–H and O–H groups in total. The topological polar surface area (TPSA) is 50.4 Å². The van der Waals surface area contributed by atoms with Gasteiger partial charge in [0.15, 0.2) is 0 Å². The van der Waals surface area contributed by atoms with Crippen LogP contribution in [-0.2, 0) is 4.74 Å². The van der Waals surface area contributed by atoms with E-state index in [0.29, 0.717) is 18.7 Å². The zero-order valence-corrected chi connectivity index (χ0v) is 11.9. The molecule has 1 heterocycles. The van der Waals surface area contributed by atoms with Gasteiger partial charge in [-0.05, 0) is 30.7 Å². The van der Waals surface area contributed by atoms with Crippen LogP contribution in [0, 0.1) is 6.92 Å². The van der Waals surface area contributed by atoms with Crippen molar-refractivity contribution in [2.45, 2.75) is 13.0 Å². The number of benzene rings is 1. The number of amides is 1. The van der Waals surface area contributed by atoms with E-state index >= 15 is 0 Å². The van der Waals surface area contributed by atoms with Gasteiger partial charge in [0.25, 0.3) is 5.91 Å². The van der Waals surface area contributed by atoms with Gasteiger partial charge in [0, 0.05) is 29.2 Å². The molecule has 1 aliphatic heterocycles. The quantitative estimate of drug-likeness (QED) is 0.889. The summed E-state index contributed by atoms with van der Waals surface area (Å²) in [5.41, 5.74) is 1.74. The molecule has 0 aromatic heterocycles. The Bertz CT molecular complexity index is 411. The van der Waals surface area contributed by atoms with E-state index in [1.807, 2.05) is 25.1 Å². The van der Waals surface area contributed by atoms with Gasteiger partial charge >= 0.3 is 0 Å². The highest BCUT2D eigenvalue weighted by atomic mass is 79.9.